The maximum atomic E-state index is 6.06. The SMILES string of the molecule is COc1ccc(CCNc2nc3nc(-c4ccco4)nc-3c(N)[nH]2)cc1. The Kier molecular flexibility index (Phi) is 4.14. The first-order valence-electron chi connectivity index (χ1n) is 8.17. The van der Waals surface area contributed by atoms with Crippen molar-refractivity contribution in [3.63, 3.8) is 0 Å². The molecule has 0 saturated carbocycles. The molecule has 1 aromatic carbocycles. The van der Waals surface area contributed by atoms with Crippen LogP contribution in [0.15, 0.2) is 47.1 Å². The summed E-state index contributed by atoms with van der Waals surface area (Å²) >= 11 is 0. The number of rotatable bonds is 6. The Morgan fingerprint density at radius 1 is 1.12 bits per heavy atom. The van der Waals surface area contributed by atoms with Crippen LogP contribution in [0.3, 0.4) is 0 Å². The Balaban J connectivity index is 1.47. The van der Waals surface area contributed by atoms with Gasteiger partial charge in [0, 0.05) is 6.54 Å². The predicted octanol–water partition coefficient (Wildman–Crippen LogP) is 2.81. The molecule has 4 rings (SSSR count). The van der Waals surface area contributed by atoms with Crippen LogP contribution in [0, 0.1) is 0 Å². The average Bonchev–Trinajstić information content (AvgIpc) is 3.32. The van der Waals surface area contributed by atoms with Gasteiger partial charge in [-0.05, 0) is 36.2 Å². The molecule has 0 aliphatic carbocycles. The number of nitrogens with zero attached hydrogens (tertiary/aromatic N) is 3. The minimum Gasteiger partial charge on any atom is -0.497 e. The summed E-state index contributed by atoms with van der Waals surface area (Å²) in [5.74, 6) is 3.32. The zero-order valence-corrected chi connectivity index (χ0v) is 14.2. The smallest absolute Gasteiger partial charge is 0.203 e. The highest BCUT2D eigenvalue weighted by Gasteiger charge is 2.19. The number of H-pyrrole nitrogens is 1. The molecule has 0 radical (unpaired) electrons. The fourth-order valence-corrected chi connectivity index (χ4v) is 2.63. The summed E-state index contributed by atoms with van der Waals surface area (Å²) < 4.78 is 10.5. The normalized spacial score (nSPS) is 11.0. The predicted molar refractivity (Wildman–Crippen MR) is 98.1 cm³/mol. The number of benzene rings is 1. The molecule has 3 heterocycles. The van der Waals surface area contributed by atoms with Gasteiger partial charge < -0.3 is 25.2 Å². The first-order chi connectivity index (χ1) is 12.7. The highest BCUT2D eigenvalue weighted by Crippen LogP contribution is 2.28. The quantitative estimate of drug-likeness (QED) is 0.490. The van der Waals surface area contributed by atoms with Crippen LogP contribution in [-0.4, -0.2) is 33.6 Å². The molecule has 2 aliphatic rings. The number of aromatic nitrogens is 4. The molecule has 0 atom stereocenters. The van der Waals surface area contributed by atoms with E-state index in [9.17, 15) is 0 Å². The zero-order chi connectivity index (χ0) is 17.9. The Morgan fingerprint density at radius 2 is 1.96 bits per heavy atom. The molecular weight excluding hydrogens is 332 g/mol. The lowest BCUT2D eigenvalue weighted by Crippen LogP contribution is -2.10. The van der Waals surface area contributed by atoms with Crippen molar-refractivity contribution in [1.29, 1.82) is 0 Å². The van der Waals surface area contributed by atoms with Crippen LogP contribution >= 0.6 is 0 Å². The number of furan rings is 1. The number of imidazole rings is 1. The fourth-order valence-electron chi connectivity index (χ4n) is 2.63. The number of methoxy groups -OCH3 is 1. The van der Waals surface area contributed by atoms with E-state index in [0.29, 0.717) is 41.4 Å². The Morgan fingerprint density at radius 3 is 2.69 bits per heavy atom. The maximum absolute atomic E-state index is 6.06. The molecule has 2 aromatic rings. The van der Waals surface area contributed by atoms with Gasteiger partial charge in [0.15, 0.2) is 23.1 Å². The van der Waals surface area contributed by atoms with Crippen LogP contribution in [0.5, 0.6) is 5.75 Å². The van der Waals surface area contributed by atoms with Crippen LogP contribution in [0.2, 0.25) is 0 Å². The summed E-state index contributed by atoms with van der Waals surface area (Å²) in [5, 5.41) is 3.23. The van der Waals surface area contributed by atoms with Crippen molar-refractivity contribution in [2.24, 2.45) is 0 Å². The van der Waals surface area contributed by atoms with E-state index < -0.39 is 0 Å². The molecule has 132 valence electrons. The van der Waals surface area contributed by atoms with Gasteiger partial charge in [0.05, 0.1) is 13.4 Å². The molecular formula is C18H18N6O2. The number of hydrogen-bond acceptors (Lipinski definition) is 7. The Hall–Kier alpha value is -3.55. The van der Waals surface area contributed by atoms with Gasteiger partial charge in [0.1, 0.15) is 11.6 Å². The van der Waals surface area contributed by atoms with E-state index >= 15 is 0 Å². The topological polar surface area (TPSA) is 115 Å². The van der Waals surface area contributed by atoms with E-state index in [1.807, 2.05) is 24.3 Å². The third-order valence-corrected chi connectivity index (χ3v) is 3.97. The number of ether oxygens (including phenoxy) is 1. The van der Waals surface area contributed by atoms with E-state index in [-0.39, 0.29) is 0 Å². The minimum atomic E-state index is 0.409. The second-order valence-electron chi connectivity index (χ2n) is 5.72. The second kappa shape index (κ2) is 6.75. The summed E-state index contributed by atoms with van der Waals surface area (Å²) in [5.41, 5.74) is 7.78. The molecule has 8 nitrogen and oxygen atoms in total. The average molecular weight is 350 g/mol. The lowest BCUT2D eigenvalue weighted by atomic mass is 10.1. The summed E-state index contributed by atoms with van der Waals surface area (Å²) in [6.45, 7) is 0.694. The van der Waals surface area contributed by atoms with Crippen LogP contribution in [0.1, 0.15) is 5.56 Å². The van der Waals surface area contributed by atoms with Crippen molar-refractivity contribution in [1.82, 2.24) is 19.9 Å². The molecule has 8 heteroatoms. The van der Waals surface area contributed by atoms with E-state index in [2.05, 4.69) is 25.3 Å². The van der Waals surface area contributed by atoms with Crippen molar-refractivity contribution < 1.29 is 9.15 Å². The molecule has 2 aliphatic heterocycles. The zero-order valence-electron chi connectivity index (χ0n) is 14.2. The molecule has 0 spiro atoms. The van der Waals surface area contributed by atoms with Gasteiger partial charge in [-0.2, -0.15) is 4.98 Å². The van der Waals surface area contributed by atoms with Crippen molar-refractivity contribution in [2.45, 2.75) is 6.42 Å². The van der Waals surface area contributed by atoms with Crippen LogP contribution in [-0.2, 0) is 6.42 Å². The molecule has 0 fully saturated rings. The first-order valence-corrected chi connectivity index (χ1v) is 8.17. The molecule has 1 aromatic heterocycles. The van der Waals surface area contributed by atoms with Crippen molar-refractivity contribution in [3.05, 3.63) is 48.2 Å². The number of anilines is 2. The van der Waals surface area contributed by atoms with Gasteiger partial charge in [-0.15, -0.1) is 0 Å². The van der Waals surface area contributed by atoms with Crippen molar-refractivity contribution in [3.8, 4) is 28.9 Å². The third-order valence-electron chi connectivity index (χ3n) is 3.97. The fraction of sp³-hybridized carbons (Fsp3) is 0.167. The molecule has 4 N–H and O–H groups in total. The number of aromatic amines is 1. The molecule has 0 bridgehead atoms. The lowest BCUT2D eigenvalue weighted by molar-refractivity contribution is 0.414. The molecule has 26 heavy (non-hydrogen) atoms. The third kappa shape index (κ3) is 3.16. The molecule has 0 unspecified atom stereocenters. The highest BCUT2D eigenvalue weighted by molar-refractivity contribution is 5.71. The minimum absolute atomic E-state index is 0.409. The standard InChI is InChI=1S/C18H18N6O2/c1-25-12-6-4-11(5-7-12)8-9-20-18-22-15(19)14-17(24-18)23-16(21-14)13-3-2-10-26-13/h2-7,10H,8-9H2,1H3,(H4,19,20,21,22,23,24). The number of nitrogen functional groups attached to an aromatic ring is 1. The summed E-state index contributed by atoms with van der Waals surface area (Å²) in [4.78, 5) is 16.2. The molecule has 0 amide bonds. The van der Waals surface area contributed by atoms with Crippen molar-refractivity contribution >= 4 is 11.8 Å². The summed E-state index contributed by atoms with van der Waals surface area (Å²) in [7, 11) is 1.66. The van der Waals surface area contributed by atoms with Crippen LogP contribution in [0.4, 0.5) is 11.8 Å². The summed E-state index contributed by atoms with van der Waals surface area (Å²) in [6, 6.07) is 11.5. The largest absolute Gasteiger partial charge is 0.497 e. The van der Waals surface area contributed by atoms with Gasteiger partial charge in [-0.1, -0.05) is 12.1 Å². The van der Waals surface area contributed by atoms with Crippen molar-refractivity contribution in [2.75, 3.05) is 24.7 Å². The van der Waals surface area contributed by atoms with Gasteiger partial charge in [0.2, 0.25) is 5.95 Å². The van der Waals surface area contributed by atoms with E-state index in [4.69, 9.17) is 14.9 Å². The summed E-state index contributed by atoms with van der Waals surface area (Å²) in [6.07, 6.45) is 2.41. The van der Waals surface area contributed by atoms with Crippen LogP contribution < -0.4 is 15.8 Å². The monoisotopic (exact) mass is 350 g/mol. The Labute approximate surface area is 149 Å². The van der Waals surface area contributed by atoms with Gasteiger partial charge >= 0.3 is 0 Å². The molecule has 0 saturated heterocycles. The number of nitrogens with one attached hydrogen (secondary N) is 2. The second-order valence-corrected chi connectivity index (χ2v) is 5.72. The number of fused-ring (bicyclic) bond motifs is 1. The van der Waals surface area contributed by atoms with E-state index in [1.54, 1.807) is 25.5 Å². The van der Waals surface area contributed by atoms with Crippen LogP contribution in [0.25, 0.3) is 23.1 Å². The van der Waals surface area contributed by atoms with Gasteiger partial charge in [0.25, 0.3) is 0 Å². The Bertz CT molecular complexity index is 962. The highest BCUT2D eigenvalue weighted by atomic mass is 16.5. The lowest BCUT2D eigenvalue weighted by Gasteiger charge is -2.09. The van der Waals surface area contributed by atoms with E-state index in [1.165, 1.54) is 5.56 Å². The number of hydrogen-bond donors (Lipinski definition) is 3. The first kappa shape index (κ1) is 15.9. The van der Waals surface area contributed by atoms with Gasteiger partial charge in [-0.25, -0.2) is 9.97 Å². The van der Waals surface area contributed by atoms with Gasteiger partial charge in [-0.3, -0.25) is 0 Å². The number of nitrogens with two attached hydrogens (primary N) is 1. The van der Waals surface area contributed by atoms with E-state index in [0.717, 1.165) is 12.2 Å². The maximum Gasteiger partial charge on any atom is 0.203 e.